The molecular weight excluding hydrogens is 322 g/mol. The average Bonchev–Trinajstić information content (AvgIpc) is 3.18. The molecular formula is C18H19N3O2S. The number of fused-ring (bicyclic) bond motifs is 1. The Morgan fingerprint density at radius 2 is 2.29 bits per heavy atom. The van der Waals surface area contributed by atoms with E-state index in [1.54, 1.807) is 17.4 Å². The van der Waals surface area contributed by atoms with Crippen LogP contribution in [0.5, 0.6) is 5.75 Å². The lowest BCUT2D eigenvalue weighted by Gasteiger charge is -2.07. The van der Waals surface area contributed by atoms with Gasteiger partial charge in [0, 0.05) is 29.4 Å². The zero-order valence-electron chi connectivity index (χ0n) is 13.4. The number of amides is 1. The van der Waals surface area contributed by atoms with Crippen LogP contribution in [0.3, 0.4) is 0 Å². The third-order valence-electron chi connectivity index (χ3n) is 3.38. The van der Waals surface area contributed by atoms with Crippen molar-refractivity contribution in [2.24, 2.45) is 0 Å². The van der Waals surface area contributed by atoms with Crippen LogP contribution >= 0.6 is 11.3 Å². The number of rotatable bonds is 7. The highest BCUT2D eigenvalue weighted by atomic mass is 32.1. The van der Waals surface area contributed by atoms with Crippen LogP contribution in [-0.2, 0) is 11.3 Å². The Hall–Kier alpha value is -2.60. The number of carbonyl (C=O) groups is 1. The van der Waals surface area contributed by atoms with Crippen molar-refractivity contribution in [3.8, 4) is 5.75 Å². The fraction of sp³-hybridized carbons (Fsp3) is 0.222. The van der Waals surface area contributed by atoms with E-state index in [1.807, 2.05) is 46.4 Å². The van der Waals surface area contributed by atoms with Crippen LogP contribution in [0.1, 0.15) is 24.6 Å². The van der Waals surface area contributed by atoms with E-state index in [1.165, 1.54) is 6.08 Å². The van der Waals surface area contributed by atoms with Gasteiger partial charge in [0.2, 0.25) is 5.91 Å². The van der Waals surface area contributed by atoms with Gasteiger partial charge in [0.15, 0.2) is 4.96 Å². The lowest BCUT2D eigenvalue weighted by atomic mass is 10.2. The lowest BCUT2D eigenvalue weighted by Crippen LogP contribution is -2.20. The zero-order chi connectivity index (χ0) is 16.8. The summed E-state index contributed by atoms with van der Waals surface area (Å²) in [7, 11) is 0. The van der Waals surface area contributed by atoms with Gasteiger partial charge in [-0.3, -0.25) is 9.20 Å². The fourth-order valence-corrected chi connectivity index (χ4v) is 2.94. The molecule has 2 aromatic heterocycles. The fourth-order valence-electron chi connectivity index (χ4n) is 2.23. The summed E-state index contributed by atoms with van der Waals surface area (Å²) < 4.78 is 7.63. The van der Waals surface area contributed by atoms with E-state index in [-0.39, 0.29) is 5.91 Å². The van der Waals surface area contributed by atoms with Crippen LogP contribution in [0.15, 0.2) is 48.1 Å². The maximum absolute atomic E-state index is 12.0. The number of para-hydroxylation sites is 1. The Morgan fingerprint density at radius 1 is 1.42 bits per heavy atom. The van der Waals surface area contributed by atoms with Crippen molar-refractivity contribution in [2.45, 2.75) is 19.9 Å². The van der Waals surface area contributed by atoms with Crippen LogP contribution in [0.25, 0.3) is 11.0 Å². The molecule has 2 heterocycles. The molecule has 24 heavy (non-hydrogen) atoms. The standard InChI is InChI=1S/C18H19N3O2S/c1-2-10-23-16-6-4-3-5-14(16)7-8-17(22)19-12-15-13-21-9-11-24-18(21)20-15/h3-9,11,13H,2,10,12H2,1H3,(H,19,22)/b8-7+. The van der Waals surface area contributed by atoms with E-state index in [0.29, 0.717) is 13.2 Å². The summed E-state index contributed by atoms with van der Waals surface area (Å²) >= 11 is 1.57. The molecule has 0 spiro atoms. The predicted octanol–water partition coefficient (Wildman–Crippen LogP) is 3.51. The van der Waals surface area contributed by atoms with Crippen molar-refractivity contribution in [1.82, 2.24) is 14.7 Å². The molecule has 3 rings (SSSR count). The highest BCUT2D eigenvalue weighted by molar-refractivity contribution is 7.15. The molecule has 0 aliphatic heterocycles. The summed E-state index contributed by atoms with van der Waals surface area (Å²) in [5, 5.41) is 4.82. The molecule has 1 amide bonds. The van der Waals surface area contributed by atoms with E-state index >= 15 is 0 Å². The van der Waals surface area contributed by atoms with Crippen LogP contribution in [0.2, 0.25) is 0 Å². The van der Waals surface area contributed by atoms with Gasteiger partial charge in [0.25, 0.3) is 0 Å². The highest BCUT2D eigenvalue weighted by Crippen LogP contribution is 2.19. The topological polar surface area (TPSA) is 55.6 Å². The van der Waals surface area contributed by atoms with Gasteiger partial charge in [0.05, 0.1) is 18.8 Å². The molecule has 0 fully saturated rings. The number of thiazole rings is 1. The Morgan fingerprint density at radius 3 is 3.12 bits per heavy atom. The minimum absolute atomic E-state index is 0.156. The van der Waals surface area contributed by atoms with Crippen molar-refractivity contribution < 1.29 is 9.53 Å². The SMILES string of the molecule is CCCOc1ccccc1/C=C/C(=O)NCc1cn2ccsc2n1. The smallest absolute Gasteiger partial charge is 0.244 e. The first-order valence-electron chi connectivity index (χ1n) is 7.85. The third-order valence-corrected chi connectivity index (χ3v) is 4.15. The van der Waals surface area contributed by atoms with Gasteiger partial charge in [-0.25, -0.2) is 4.98 Å². The van der Waals surface area contributed by atoms with E-state index < -0.39 is 0 Å². The summed E-state index contributed by atoms with van der Waals surface area (Å²) in [6, 6.07) is 7.68. The number of aromatic nitrogens is 2. The number of nitrogens with zero attached hydrogens (tertiary/aromatic N) is 2. The molecule has 0 atom stereocenters. The average molecular weight is 341 g/mol. The molecule has 1 aromatic carbocycles. The maximum atomic E-state index is 12.0. The zero-order valence-corrected chi connectivity index (χ0v) is 14.3. The van der Waals surface area contributed by atoms with E-state index in [4.69, 9.17) is 4.74 Å². The predicted molar refractivity (Wildman–Crippen MR) is 96.2 cm³/mol. The summed E-state index contributed by atoms with van der Waals surface area (Å²) in [4.78, 5) is 17.4. The molecule has 0 bridgehead atoms. The van der Waals surface area contributed by atoms with Crippen LogP contribution in [0.4, 0.5) is 0 Å². The Labute approximate surface area is 144 Å². The summed E-state index contributed by atoms with van der Waals surface area (Å²) in [6.07, 6.45) is 8.11. The molecule has 0 aliphatic carbocycles. The number of benzene rings is 1. The van der Waals surface area contributed by atoms with Crippen LogP contribution in [0, 0.1) is 0 Å². The van der Waals surface area contributed by atoms with E-state index in [0.717, 1.165) is 28.4 Å². The van der Waals surface area contributed by atoms with E-state index in [2.05, 4.69) is 17.2 Å². The van der Waals surface area contributed by atoms with Gasteiger partial charge in [-0.2, -0.15) is 0 Å². The van der Waals surface area contributed by atoms with Gasteiger partial charge in [-0.15, -0.1) is 11.3 Å². The van der Waals surface area contributed by atoms with Gasteiger partial charge in [0.1, 0.15) is 5.75 Å². The van der Waals surface area contributed by atoms with Crippen molar-refractivity contribution in [3.05, 3.63) is 59.4 Å². The van der Waals surface area contributed by atoms with Crippen LogP contribution < -0.4 is 10.1 Å². The number of nitrogens with one attached hydrogen (secondary N) is 1. The second kappa shape index (κ2) is 7.79. The Bertz CT molecular complexity index is 822. The molecule has 124 valence electrons. The minimum atomic E-state index is -0.156. The monoisotopic (exact) mass is 341 g/mol. The number of carbonyl (C=O) groups excluding carboxylic acids is 1. The summed E-state index contributed by atoms with van der Waals surface area (Å²) in [5.41, 5.74) is 1.74. The minimum Gasteiger partial charge on any atom is -0.493 e. The quantitative estimate of drug-likeness (QED) is 0.669. The van der Waals surface area contributed by atoms with Crippen molar-refractivity contribution >= 4 is 28.3 Å². The van der Waals surface area contributed by atoms with Crippen molar-refractivity contribution in [2.75, 3.05) is 6.61 Å². The Kier molecular flexibility index (Phi) is 5.28. The first kappa shape index (κ1) is 16.3. The van der Waals surface area contributed by atoms with Gasteiger partial charge in [-0.1, -0.05) is 25.1 Å². The molecule has 0 unspecified atom stereocenters. The second-order valence-electron chi connectivity index (χ2n) is 5.26. The molecule has 0 radical (unpaired) electrons. The molecule has 6 heteroatoms. The molecule has 1 N–H and O–H groups in total. The number of hydrogen-bond donors (Lipinski definition) is 1. The first-order chi connectivity index (χ1) is 11.8. The molecule has 3 aromatic rings. The van der Waals surface area contributed by atoms with Gasteiger partial charge in [-0.05, 0) is 18.6 Å². The van der Waals surface area contributed by atoms with Crippen LogP contribution in [-0.4, -0.2) is 21.9 Å². The second-order valence-corrected chi connectivity index (χ2v) is 6.14. The van der Waals surface area contributed by atoms with Crippen molar-refractivity contribution in [3.63, 3.8) is 0 Å². The lowest BCUT2D eigenvalue weighted by molar-refractivity contribution is -0.116. The largest absolute Gasteiger partial charge is 0.493 e. The number of imidazole rings is 1. The molecule has 0 saturated heterocycles. The summed E-state index contributed by atoms with van der Waals surface area (Å²) in [6.45, 7) is 3.13. The van der Waals surface area contributed by atoms with Gasteiger partial charge >= 0.3 is 0 Å². The first-order valence-corrected chi connectivity index (χ1v) is 8.73. The number of hydrogen-bond acceptors (Lipinski definition) is 4. The van der Waals surface area contributed by atoms with Gasteiger partial charge < -0.3 is 10.1 Å². The highest BCUT2D eigenvalue weighted by Gasteiger charge is 2.04. The van der Waals surface area contributed by atoms with E-state index in [9.17, 15) is 4.79 Å². The number of ether oxygens (including phenoxy) is 1. The molecule has 0 aliphatic rings. The molecule has 5 nitrogen and oxygen atoms in total. The maximum Gasteiger partial charge on any atom is 0.244 e. The summed E-state index contributed by atoms with van der Waals surface area (Å²) in [5.74, 6) is 0.634. The Balaban J connectivity index is 1.58. The molecule has 0 saturated carbocycles. The normalized spacial score (nSPS) is 11.2. The third kappa shape index (κ3) is 4.02. The van der Waals surface area contributed by atoms with Crippen molar-refractivity contribution in [1.29, 1.82) is 0 Å².